The highest BCUT2D eigenvalue weighted by atomic mass is 16.3. The van der Waals surface area contributed by atoms with Gasteiger partial charge in [-0.05, 0) is 58.2 Å². The maximum absolute atomic E-state index is 6.01. The molecule has 17 heavy (non-hydrogen) atoms. The van der Waals surface area contributed by atoms with Crippen molar-refractivity contribution < 1.29 is 4.42 Å². The molecule has 2 rings (SSSR count). The minimum absolute atomic E-state index is 0.0418. The number of nitrogens with zero attached hydrogens (tertiary/aromatic N) is 1. The molecule has 0 radical (unpaired) electrons. The Bertz CT molecular complexity index is 322. The molecule has 0 unspecified atom stereocenters. The van der Waals surface area contributed by atoms with E-state index in [0.29, 0.717) is 0 Å². The molecule has 2 N–H and O–H groups in total. The van der Waals surface area contributed by atoms with Crippen molar-refractivity contribution in [3.8, 4) is 0 Å². The van der Waals surface area contributed by atoms with Gasteiger partial charge in [0, 0.05) is 11.6 Å². The Kier molecular flexibility index (Phi) is 3.89. The van der Waals surface area contributed by atoms with Gasteiger partial charge in [0.1, 0.15) is 5.76 Å². The van der Waals surface area contributed by atoms with Gasteiger partial charge < -0.3 is 10.2 Å². The zero-order valence-corrected chi connectivity index (χ0v) is 11.0. The summed E-state index contributed by atoms with van der Waals surface area (Å²) in [7, 11) is 0. The second-order valence-electron chi connectivity index (χ2n) is 5.87. The molecular weight excluding hydrogens is 212 g/mol. The van der Waals surface area contributed by atoms with Crippen molar-refractivity contribution in [1.82, 2.24) is 4.90 Å². The average molecular weight is 236 g/mol. The molecule has 1 aliphatic carbocycles. The number of nitrogens with two attached hydrogens (primary N) is 1. The predicted octanol–water partition coefficient (Wildman–Crippen LogP) is 2.76. The fourth-order valence-corrected chi connectivity index (χ4v) is 2.17. The van der Waals surface area contributed by atoms with Crippen LogP contribution in [0.1, 0.15) is 45.3 Å². The SMILES string of the molecule is CC(C)(N)CCCN(Cc1ccco1)C1CC1. The van der Waals surface area contributed by atoms with E-state index < -0.39 is 0 Å². The minimum Gasteiger partial charge on any atom is -0.468 e. The van der Waals surface area contributed by atoms with Crippen molar-refractivity contribution in [1.29, 1.82) is 0 Å². The highest BCUT2D eigenvalue weighted by molar-refractivity contribution is 4.99. The summed E-state index contributed by atoms with van der Waals surface area (Å²) in [4.78, 5) is 2.53. The van der Waals surface area contributed by atoms with E-state index in [2.05, 4.69) is 24.8 Å². The third-order valence-corrected chi connectivity index (χ3v) is 3.27. The summed E-state index contributed by atoms with van der Waals surface area (Å²) >= 11 is 0. The molecule has 0 aliphatic heterocycles. The summed E-state index contributed by atoms with van der Waals surface area (Å²) in [5, 5.41) is 0. The van der Waals surface area contributed by atoms with Gasteiger partial charge in [0.2, 0.25) is 0 Å². The Hall–Kier alpha value is -0.800. The van der Waals surface area contributed by atoms with Crippen LogP contribution < -0.4 is 5.73 Å². The molecule has 1 aromatic rings. The van der Waals surface area contributed by atoms with Gasteiger partial charge in [0.25, 0.3) is 0 Å². The Morgan fingerprint density at radius 3 is 2.76 bits per heavy atom. The highest BCUT2D eigenvalue weighted by Crippen LogP contribution is 2.28. The Labute approximate surface area is 104 Å². The number of furan rings is 1. The topological polar surface area (TPSA) is 42.4 Å². The van der Waals surface area contributed by atoms with Gasteiger partial charge in [-0.2, -0.15) is 0 Å². The maximum atomic E-state index is 6.01. The fourth-order valence-electron chi connectivity index (χ4n) is 2.17. The molecule has 3 heteroatoms. The monoisotopic (exact) mass is 236 g/mol. The molecule has 1 aromatic heterocycles. The van der Waals surface area contributed by atoms with E-state index in [0.717, 1.165) is 31.3 Å². The Morgan fingerprint density at radius 1 is 1.47 bits per heavy atom. The lowest BCUT2D eigenvalue weighted by Crippen LogP contribution is -2.34. The first-order valence-electron chi connectivity index (χ1n) is 6.60. The second-order valence-corrected chi connectivity index (χ2v) is 5.87. The van der Waals surface area contributed by atoms with E-state index in [-0.39, 0.29) is 5.54 Å². The predicted molar refractivity (Wildman–Crippen MR) is 69.6 cm³/mol. The molecule has 3 nitrogen and oxygen atoms in total. The second kappa shape index (κ2) is 5.23. The van der Waals surface area contributed by atoms with Gasteiger partial charge in [-0.1, -0.05) is 0 Å². The molecule has 1 heterocycles. The third kappa shape index (κ3) is 4.52. The molecule has 96 valence electrons. The van der Waals surface area contributed by atoms with Crippen LogP contribution in [0.4, 0.5) is 0 Å². The largest absolute Gasteiger partial charge is 0.468 e. The fraction of sp³-hybridized carbons (Fsp3) is 0.714. The van der Waals surface area contributed by atoms with E-state index in [4.69, 9.17) is 10.2 Å². The first-order valence-corrected chi connectivity index (χ1v) is 6.60. The van der Waals surface area contributed by atoms with Crippen LogP contribution in [0.3, 0.4) is 0 Å². The summed E-state index contributed by atoms with van der Waals surface area (Å²) in [6.07, 6.45) is 6.68. The van der Waals surface area contributed by atoms with Gasteiger partial charge in [-0.15, -0.1) is 0 Å². The maximum Gasteiger partial charge on any atom is 0.117 e. The quantitative estimate of drug-likeness (QED) is 0.791. The molecule has 1 fully saturated rings. The van der Waals surface area contributed by atoms with Crippen molar-refractivity contribution in [2.45, 2.75) is 57.7 Å². The van der Waals surface area contributed by atoms with Crippen LogP contribution in [-0.4, -0.2) is 23.0 Å². The van der Waals surface area contributed by atoms with Gasteiger partial charge in [0.15, 0.2) is 0 Å². The van der Waals surface area contributed by atoms with E-state index in [9.17, 15) is 0 Å². The van der Waals surface area contributed by atoms with E-state index in [1.54, 1.807) is 6.26 Å². The molecule has 0 spiro atoms. The molecular formula is C14H24N2O. The molecule has 1 saturated carbocycles. The zero-order chi connectivity index (χ0) is 12.3. The van der Waals surface area contributed by atoms with Crippen molar-refractivity contribution in [2.75, 3.05) is 6.54 Å². The number of hydrogen-bond acceptors (Lipinski definition) is 3. The molecule has 0 atom stereocenters. The van der Waals surface area contributed by atoms with Crippen LogP contribution in [0.25, 0.3) is 0 Å². The summed E-state index contributed by atoms with van der Waals surface area (Å²) in [5.41, 5.74) is 5.97. The normalized spacial score (nSPS) is 16.7. The van der Waals surface area contributed by atoms with E-state index in [1.165, 1.54) is 19.3 Å². The van der Waals surface area contributed by atoms with E-state index >= 15 is 0 Å². The first kappa shape index (κ1) is 12.7. The summed E-state index contributed by atoms with van der Waals surface area (Å²) in [6, 6.07) is 4.80. The minimum atomic E-state index is -0.0418. The zero-order valence-electron chi connectivity index (χ0n) is 11.0. The van der Waals surface area contributed by atoms with Gasteiger partial charge in [0.05, 0.1) is 12.8 Å². The lowest BCUT2D eigenvalue weighted by atomic mass is 10.00. The number of rotatable bonds is 7. The van der Waals surface area contributed by atoms with Crippen molar-refractivity contribution in [2.24, 2.45) is 5.73 Å². The van der Waals surface area contributed by atoms with Gasteiger partial charge >= 0.3 is 0 Å². The average Bonchev–Trinajstić information content (AvgIpc) is 2.95. The van der Waals surface area contributed by atoms with Crippen molar-refractivity contribution in [3.63, 3.8) is 0 Å². The standard InChI is InChI=1S/C14H24N2O/c1-14(2,15)8-4-9-16(12-6-7-12)11-13-5-3-10-17-13/h3,5,10,12H,4,6-9,11,15H2,1-2H3. The Morgan fingerprint density at radius 2 is 2.24 bits per heavy atom. The summed E-state index contributed by atoms with van der Waals surface area (Å²) in [5.74, 6) is 1.07. The summed E-state index contributed by atoms with van der Waals surface area (Å²) in [6.45, 7) is 6.27. The van der Waals surface area contributed by atoms with Gasteiger partial charge in [-0.25, -0.2) is 0 Å². The molecule has 1 aliphatic rings. The van der Waals surface area contributed by atoms with Crippen LogP contribution in [0.5, 0.6) is 0 Å². The van der Waals surface area contributed by atoms with Crippen LogP contribution in [0, 0.1) is 0 Å². The summed E-state index contributed by atoms with van der Waals surface area (Å²) < 4.78 is 5.42. The van der Waals surface area contributed by atoms with Gasteiger partial charge in [-0.3, -0.25) is 4.90 Å². The third-order valence-electron chi connectivity index (χ3n) is 3.27. The van der Waals surface area contributed by atoms with E-state index in [1.807, 2.05) is 6.07 Å². The lowest BCUT2D eigenvalue weighted by Gasteiger charge is -2.24. The Balaban J connectivity index is 1.77. The van der Waals surface area contributed by atoms with Crippen molar-refractivity contribution in [3.05, 3.63) is 24.2 Å². The number of hydrogen-bond donors (Lipinski definition) is 1. The molecule has 0 aromatic carbocycles. The molecule has 0 saturated heterocycles. The molecule has 0 bridgehead atoms. The van der Waals surface area contributed by atoms with Crippen LogP contribution >= 0.6 is 0 Å². The lowest BCUT2D eigenvalue weighted by molar-refractivity contribution is 0.223. The van der Waals surface area contributed by atoms with Crippen LogP contribution in [0.15, 0.2) is 22.8 Å². The first-order chi connectivity index (χ1) is 8.04. The smallest absolute Gasteiger partial charge is 0.117 e. The van der Waals surface area contributed by atoms with Crippen molar-refractivity contribution >= 4 is 0 Å². The van der Waals surface area contributed by atoms with Crippen LogP contribution in [0.2, 0.25) is 0 Å². The molecule has 0 amide bonds. The van der Waals surface area contributed by atoms with Crippen LogP contribution in [-0.2, 0) is 6.54 Å². The highest BCUT2D eigenvalue weighted by Gasteiger charge is 2.29.